The van der Waals surface area contributed by atoms with Crippen molar-refractivity contribution in [2.45, 2.75) is 19.9 Å². The number of ether oxygens (including phenoxy) is 4. The van der Waals surface area contributed by atoms with Crippen molar-refractivity contribution in [2.24, 2.45) is 5.92 Å². The Kier molecular flexibility index (Phi) is 8.05. The average Bonchev–Trinajstić information content (AvgIpc) is 2.58. The quantitative estimate of drug-likeness (QED) is 0.689. The van der Waals surface area contributed by atoms with Gasteiger partial charge in [0, 0.05) is 12.2 Å². The van der Waals surface area contributed by atoms with Gasteiger partial charge in [-0.3, -0.25) is 4.79 Å². The normalized spacial score (nSPS) is 11.8. The van der Waals surface area contributed by atoms with Gasteiger partial charge in [-0.2, -0.15) is 0 Å². The summed E-state index contributed by atoms with van der Waals surface area (Å²) >= 11 is 0. The van der Waals surface area contributed by atoms with E-state index in [1.165, 1.54) is 27.4 Å². The van der Waals surface area contributed by atoms with Gasteiger partial charge >= 0.3 is 5.97 Å². The van der Waals surface area contributed by atoms with Crippen LogP contribution in [0.3, 0.4) is 0 Å². The molecule has 0 fully saturated rings. The van der Waals surface area contributed by atoms with E-state index in [4.69, 9.17) is 18.9 Å². The largest absolute Gasteiger partial charge is 0.493 e. The Hall–Kier alpha value is -2.28. The minimum atomic E-state index is -0.880. The fourth-order valence-electron chi connectivity index (χ4n) is 1.95. The predicted molar refractivity (Wildman–Crippen MR) is 88.5 cm³/mol. The lowest BCUT2D eigenvalue weighted by Crippen LogP contribution is -2.44. The lowest BCUT2D eigenvalue weighted by atomic mass is 10.1. The van der Waals surface area contributed by atoms with Crippen LogP contribution in [-0.4, -0.2) is 52.5 Å². The molecule has 24 heavy (non-hydrogen) atoms. The molecule has 1 atom stereocenters. The molecular formula is C17H25NO6. The maximum absolute atomic E-state index is 12.4. The van der Waals surface area contributed by atoms with Crippen LogP contribution in [-0.2, 0) is 14.3 Å². The summed E-state index contributed by atoms with van der Waals surface area (Å²) in [5, 5.41) is 2.61. The lowest BCUT2D eigenvalue weighted by Gasteiger charge is -2.18. The van der Waals surface area contributed by atoms with E-state index in [0.29, 0.717) is 29.6 Å². The topological polar surface area (TPSA) is 83.1 Å². The summed E-state index contributed by atoms with van der Waals surface area (Å²) in [6.45, 7) is 4.52. The van der Waals surface area contributed by atoms with Crippen molar-refractivity contribution >= 4 is 11.9 Å². The van der Waals surface area contributed by atoms with Crippen molar-refractivity contribution in [1.82, 2.24) is 5.32 Å². The van der Waals surface area contributed by atoms with E-state index in [1.807, 2.05) is 13.8 Å². The number of amides is 1. The van der Waals surface area contributed by atoms with E-state index in [-0.39, 0.29) is 6.61 Å². The first-order chi connectivity index (χ1) is 11.4. The number of hydrogen-bond donors (Lipinski definition) is 1. The van der Waals surface area contributed by atoms with E-state index in [9.17, 15) is 9.59 Å². The fourth-order valence-corrected chi connectivity index (χ4v) is 1.95. The van der Waals surface area contributed by atoms with Crippen molar-refractivity contribution in [3.05, 3.63) is 23.8 Å². The molecule has 1 rings (SSSR count). The second kappa shape index (κ2) is 9.77. The van der Waals surface area contributed by atoms with Crippen LogP contribution in [0.25, 0.3) is 0 Å². The Morgan fingerprint density at radius 3 is 2.25 bits per heavy atom. The molecule has 134 valence electrons. The van der Waals surface area contributed by atoms with Crippen LogP contribution in [0.4, 0.5) is 0 Å². The average molecular weight is 339 g/mol. The van der Waals surface area contributed by atoms with E-state index in [2.05, 4.69) is 5.32 Å². The Bertz CT molecular complexity index is 558. The number of esters is 1. The molecule has 7 heteroatoms. The number of carbonyl (C=O) groups is 2. The van der Waals surface area contributed by atoms with Gasteiger partial charge in [0.1, 0.15) is 0 Å². The van der Waals surface area contributed by atoms with Crippen LogP contribution in [0.2, 0.25) is 0 Å². The van der Waals surface area contributed by atoms with Gasteiger partial charge in [-0.1, -0.05) is 13.8 Å². The third-order valence-corrected chi connectivity index (χ3v) is 3.17. The first kappa shape index (κ1) is 19.8. The van der Waals surface area contributed by atoms with Crippen LogP contribution in [0.5, 0.6) is 11.5 Å². The summed E-state index contributed by atoms with van der Waals surface area (Å²) in [5.74, 6) is 0.270. The SMILES string of the molecule is COC(=O)C(COCC(C)C)NC(=O)c1ccc(OC)c(OC)c1. The minimum Gasteiger partial charge on any atom is -0.493 e. The molecule has 1 aromatic carbocycles. The first-order valence-electron chi connectivity index (χ1n) is 7.61. The second-order valence-corrected chi connectivity index (χ2v) is 5.55. The van der Waals surface area contributed by atoms with Gasteiger partial charge in [0.05, 0.1) is 27.9 Å². The summed E-state index contributed by atoms with van der Waals surface area (Å²) in [7, 11) is 4.26. The Labute approximate surface area is 142 Å². The predicted octanol–water partition coefficient (Wildman–Crippen LogP) is 1.65. The molecular weight excluding hydrogens is 314 g/mol. The van der Waals surface area contributed by atoms with Gasteiger partial charge in [0.25, 0.3) is 5.91 Å². The maximum Gasteiger partial charge on any atom is 0.330 e. The molecule has 0 saturated carbocycles. The Morgan fingerprint density at radius 1 is 1.04 bits per heavy atom. The molecule has 0 bridgehead atoms. The zero-order valence-corrected chi connectivity index (χ0v) is 14.8. The third-order valence-electron chi connectivity index (χ3n) is 3.17. The highest BCUT2D eigenvalue weighted by Gasteiger charge is 2.23. The van der Waals surface area contributed by atoms with Crippen LogP contribution in [0.1, 0.15) is 24.2 Å². The molecule has 1 aromatic rings. The van der Waals surface area contributed by atoms with Gasteiger partial charge < -0.3 is 24.3 Å². The zero-order valence-electron chi connectivity index (χ0n) is 14.8. The summed E-state index contributed by atoms with van der Waals surface area (Å²) in [6.07, 6.45) is 0. The van der Waals surface area contributed by atoms with E-state index in [0.717, 1.165) is 0 Å². The van der Waals surface area contributed by atoms with Gasteiger partial charge in [0.15, 0.2) is 17.5 Å². The molecule has 0 saturated heterocycles. The number of hydrogen-bond acceptors (Lipinski definition) is 6. The third kappa shape index (κ3) is 5.73. The van der Waals surface area contributed by atoms with Crippen LogP contribution in [0, 0.1) is 5.92 Å². The number of nitrogens with one attached hydrogen (secondary N) is 1. The highest BCUT2D eigenvalue weighted by atomic mass is 16.5. The number of methoxy groups -OCH3 is 3. The summed E-state index contributed by atoms with van der Waals surface area (Å²) in [4.78, 5) is 24.2. The zero-order chi connectivity index (χ0) is 18.1. The molecule has 0 aromatic heterocycles. The van der Waals surface area contributed by atoms with Crippen molar-refractivity contribution < 1.29 is 28.5 Å². The molecule has 0 radical (unpaired) electrons. The molecule has 1 N–H and O–H groups in total. The Morgan fingerprint density at radius 2 is 1.71 bits per heavy atom. The standard InChI is InChI=1S/C17H25NO6/c1-11(2)9-24-10-13(17(20)23-5)18-16(19)12-6-7-14(21-3)15(8-12)22-4/h6-8,11,13H,9-10H2,1-5H3,(H,18,19). The summed E-state index contributed by atoms with van der Waals surface area (Å²) in [5.41, 5.74) is 0.338. The first-order valence-corrected chi connectivity index (χ1v) is 7.61. The van der Waals surface area contributed by atoms with Crippen molar-refractivity contribution in [3.63, 3.8) is 0 Å². The van der Waals surface area contributed by atoms with Crippen molar-refractivity contribution in [1.29, 1.82) is 0 Å². The monoisotopic (exact) mass is 339 g/mol. The second-order valence-electron chi connectivity index (χ2n) is 5.55. The van der Waals surface area contributed by atoms with Gasteiger partial charge in [-0.25, -0.2) is 4.79 Å². The maximum atomic E-state index is 12.4. The fraction of sp³-hybridized carbons (Fsp3) is 0.529. The molecule has 7 nitrogen and oxygen atoms in total. The summed E-state index contributed by atoms with van der Waals surface area (Å²) < 4.78 is 20.5. The molecule has 0 aliphatic heterocycles. The Balaban J connectivity index is 2.81. The minimum absolute atomic E-state index is 0.0455. The molecule has 0 aliphatic rings. The van der Waals surface area contributed by atoms with Crippen molar-refractivity contribution in [2.75, 3.05) is 34.5 Å². The number of rotatable bonds is 9. The van der Waals surface area contributed by atoms with Gasteiger partial charge in [0.2, 0.25) is 0 Å². The van der Waals surface area contributed by atoms with Crippen LogP contribution >= 0.6 is 0 Å². The van der Waals surface area contributed by atoms with Gasteiger partial charge in [-0.15, -0.1) is 0 Å². The molecule has 0 spiro atoms. The van der Waals surface area contributed by atoms with Gasteiger partial charge in [-0.05, 0) is 24.1 Å². The number of benzene rings is 1. The molecule has 0 heterocycles. The van der Waals surface area contributed by atoms with E-state index < -0.39 is 17.9 Å². The van der Waals surface area contributed by atoms with Crippen LogP contribution < -0.4 is 14.8 Å². The molecule has 1 amide bonds. The van der Waals surface area contributed by atoms with Crippen molar-refractivity contribution in [3.8, 4) is 11.5 Å². The highest BCUT2D eigenvalue weighted by molar-refractivity contribution is 5.97. The molecule has 0 aliphatic carbocycles. The van der Waals surface area contributed by atoms with Crippen LogP contribution in [0.15, 0.2) is 18.2 Å². The summed E-state index contributed by atoms with van der Waals surface area (Å²) in [6, 6.07) is 3.86. The number of carbonyl (C=O) groups excluding carboxylic acids is 2. The van der Waals surface area contributed by atoms with E-state index >= 15 is 0 Å². The van der Waals surface area contributed by atoms with E-state index in [1.54, 1.807) is 12.1 Å². The highest BCUT2D eigenvalue weighted by Crippen LogP contribution is 2.27. The molecule has 1 unspecified atom stereocenters. The smallest absolute Gasteiger partial charge is 0.330 e. The lowest BCUT2D eigenvalue weighted by molar-refractivity contribution is -0.144.